The molecular formula is C15H25N3. The van der Waals surface area contributed by atoms with Gasteiger partial charge in [0.2, 0.25) is 0 Å². The summed E-state index contributed by atoms with van der Waals surface area (Å²) in [6, 6.07) is 8.92. The highest BCUT2D eigenvalue weighted by Gasteiger charge is 2.15. The Bertz CT molecular complexity index is 339. The van der Waals surface area contributed by atoms with Gasteiger partial charge in [-0.15, -0.1) is 0 Å². The van der Waals surface area contributed by atoms with E-state index in [1.807, 2.05) is 0 Å². The van der Waals surface area contributed by atoms with Gasteiger partial charge in [-0.1, -0.05) is 31.2 Å². The van der Waals surface area contributed by atoms with Gasteiger partial charge in [0.1, 0.15) is 0 Å². The van der Waals surface area contributed by atoms with Crippen LogP contribution in [0.25, 0.3) is 0 Å². The summed E-state index contributed by atoms with van der Waals surface area (Å²) in [5.41, 5.74) is 8.32. The molecule has 18 heavy (non-hydrogen) atoms. The Morgan fingerprint density at radius 3 is 2.06 bits per heavy atom. The molecule has 100 valence electrons. The second kappa shape index (κ2) is 6.88. The van der Waals surface area contributed by atoms with Crippen molar-refractivity contribution >= 4 is 0 Å². The van der Waals surface area contributed by atoms with E-state index in [2.05, 4.69) is 41.0 Å². The quantitative estimate of drug-likeness (QED) is 0.852. The topological polar surface area (TPSA) is 32.5 Å². The second-order valence-corrected chi connectivity index (χ2v) is 5.07. The third kappa shape index (κ3) is 3.80. The summed E-state index contributed by atoms with van der Waals surface area (Å²) in [6.07, 6.45) is 0.982. The second-order valence-electron chi connectivity index (χ2n) is 5.07. The number of hydrogen-bond acceptors (Lipinski definition) is 3. The highest BCUT2D eigenvalue weighted by Crippen LogP contribution is 2.10. The van der Waals surface area contributed by atoms with Crippen LogP contribution in [0.4, 0.5) is 0 Å². The Morgan fingerprint density at radius 1 is 0.944 bits per heavy atom. The fourth-order valence-electron chi connectivity index (χ4n) is 2.50. The van der Waals surface area contributed by atoms with Crippen molar-refractivity contribution in [2.75, 3.05) is 39.3 Å². The monoisotopic (exact) mass is 247 g/mol. The van der Waals surface area contributed by atoms with Crippen molar-refractivity contribution in [3.05, 3.63) is 35.4 Å². The summed E-state index contributed by atoms with van der Waals surface area (Å²) in [5, 5.41) is 0. The average molecular weight is 247 g/mol. The lowest BCUT2D eigenvalue weighted by Gasteiger charge is -2.34. The Morgan fingerprint density at radius 2 is 1.50 bits per heavy atom. The van der Waals surface area contributed by atoms with E-state index in [1.54, 1.807) is 0 Å². The zero-order valence-corrected chi connectivity index (χ0v) is 11.4. The minimum atomic E-state index is 0.734. The largest absolute Gasteiger partial charge is 0.330 e. The Balaban J connectivity index is 1.82. The molecule has 3 nitrogen and oxygen atoms in total. The number of likely N-dealkylation sites (N-methyl/N-ethyl adjacent to an activating group) is 1. The van der Waals surface area contributed by atoms with Crippen LogP contribution in [0.15, 0.2) is 24.3 Å². The molecule has 0 bridgehead atoms. The van der Waals surface area contributed by atoms with E-state index in [0.717, 1.165) is 19.5 Å². The molecule has 0 radical (unpaired) electrons. The molecule has 0 aliphatic carbocycles. The van der Waals surface area contributed by atoms with E-state index in [4.69, 9.17) is 5.73 Å². The lowest BCUT2D eigenvalue weighted by Crippen LogP contribution is -2.45. The minimum Gasteiger partial charge on any atom is -0.330 e. The third-order valence-corrected chi connectivity index (χ3v) is 3.77. The first-order chi connectivity index (χ1) is 8.81. The van der Waals surface area contributed by atoms with Gasteiger partial charge >= 0.3 is 0 Å². The number of benzene rings is 1. The molecule has 1 heterocycles. The predicted octanol–water partition coefficient (Wildman–Crippen LogP) is 1.33. The zero-order chi connectivity index (χ0) is 12.8. The van der Waals surface area contributed by atoms with Crippen molar-refractivity contribution < 1.29 is 0 Å². The molecular weight excluding hydrogens is 222 g/mol. The molecule has 0 aromatic heterocycles. The molecule has 2 rings (SSSR count). The molecule has 1 aromatic rings. The van der Waals surface area contributed by atoms with Gasteiger partial charge in [-0.3, -0.25) is 4.90 Å². The Labute approximate surface area is 111 Å². The van der Waals surface area contributed by atoms with Gasteiger partial charge < -0.3 is 10.6 Å². The summed E-state index contributed by atoms with van der Waals surface area (Å²) in [5.74, 6) is 0. The minimum absolute atomic E-state index is 0.734. The molecule has 1 fully saturated rings. The zero-order valence-electron chi connectivity index (χ0n) is 11.4. The maximum absolute atomic E-state index is 5.56. The average Bonchev–Trinajstić information content (AvgIpc) is 2.42. The van der Waals surface area contributed by atoms with Crippen molar-refractivity contribution in [2.24, 2.45) is 5.73 Å². The van der Waals surface area contributed by atoms with Crippen LogP contribution in [0.1, 0.15) is 18.1 Å². The van der Waals surface area contributed by atoms with E-state index >= 15 is 0 Å². The molecule has 3 heteroatoms. The third-order valence-electron chi connectivity index (χ3n) is 3.77. The Hall–Kier alpha value is -0.900. The van der Waals surface area contributed by atoms with E-state index < -0.39 is 0 Å². The first-order valence-corrected chi connectivity index (χ1v) is 7.04. The van der Waals surface area contributed by atoms with Crippen LogP contribution in [-0.2, 0) is 13.0 Å². The Kier molecular flexibility index (Phi) is 5.17. The number of nitrogens with zero attached hydrogens (tertiary/aromatic N) is 2. The van der Waals surface area contributed by atoms with Crippen LogP contribution in [0.3, 0.4) is 0 Å². The number of rotatable bonds is 5. The van der Waals surface area contributed by atoms with Gasteiger partial charge in [-0.05, 0) is 30.6 Å². The maximum atomic E-state index is 5.56. The fraction of sp³-hybridized carbons (Fsp3) is 0.600. The summed E-state index contributed by atoms with van der Waals surface area (Å²) in [6.45, 7) is 10.0. The van der Waals surface area contributed by atoms with Crippen LogP contribution < -0.4 is 5.73 Å². The normalized spacial score (nSPS) is 18.1. The van der Waals surface area contributed by atoms with Crippen molar-refractivity contribution in [3.63, 3.8) is 0 Å². The van der Waals surface area contributed by atoms with Crippen molar-refractivity contribution in [1.82, 2.24) is 9.80 Å². The molecule has 1 aliphatic rings. The SMILES string of the molecule is CCN1CCN(Cc2ccc(CCN)cc2)CC1. The standard InChI is InChI=1S/C15H25N3/c1-2-17-9-11-18(12-10-17)13-15-5-3-14(4-6-15)7-8-16/h3-6H,2,7-13,16H2,1H3. The van der Waals surface area contributed by atoms with Gasteiger partial charge in [-0.25, -0.2) is 0 Å². The highest BCUT2D eigenvalue weighted by molar-refractivity contribution is 5.22. The number of hydrogen-bond donors (Lipinski definition) is 1. The van der Waals surface area contributed by atoms with Crippen LogP contribution in [-0.4, -0.2) is 49.1 Å². The summed E-state index contributed by atoms with van der Waals surface area (Å²) in [7, 11) is 0. The van der Waals surface area contributed by atoms with Gasteiger partial charge in [-0.2, -0.15) is 0 Å². The van der Waals surface area contributed by atoms with Crippen LogP contribution >= 0.6 is 0 Å². The molecule has 1 saturated heterocycles. The molecule has 0 saturated carbocycles. The van der Waals surface area contributed by atoms with Crippen LogP contribution in [0.5, 0.6) is 0 Å². The number of nitrogens with two attached hydrogens (primary N) is 1. The van der Waals surface area contributed by atoms with E-state index in [1.165, 1.54) is 43.9 Å². The molecule has 0 atom stereocenters. The van der Waals surface area contributed by atoms with Gasteiger partial charge in [0.25, 0.3) is 0 Å². The predicted molar refractivity (Wildman–Crippen MR) is 76.6 cm³/mol. The van der Waals surface area contributed by atoms with Gasteiger partial charge in [0, 0.05) is 32.7 Å². The first-order valence-electron chi connectivity index (χ1n) is 7.04. The van der Waals surface area contributed by atoms with E-state index in [0.29, 0.717) is 0 Å². The highest BCUT2D eigenvalue weighted by atomic mass is 15.3. The van der Waals surface area contributed by atoms with Crippen molar-refractivity contribution in [3.8, 4) is 0 Å². The summed E-state index contributed by atoms with van der Waals surface area (Å²) in [4.78, 5) is 5.06. The maximum Gasteiger partial charge on any atom is 0.0234 e. The van der Waals surface area contributed by atoms with Crippen LogP contribution in [0, 0.1) is 0 Å². The van der Waals surface area contributed by atoms with Crippen LogP contribution in [0.2, 0.25) is 0 Å². The first kappa shape index (κ1) is 13.5. The molecule has 1 aliphatic heterocycles. The van der Waals surface area contributed by atoms with Crippen molar-refractivity contribution in [1.29, 1.82) is 0 Å². The van der Waals surface area contributed by atoms with Gasteiger partial charge in [0.15, 0.2) is 0 Å². The summed E-state index contributed by atoms with van der Waals surface area (Å²) < 4.78 is 0. The lowest BCUT2D eigenvalue weighted by atomic mass is 10.1. The molecule has 0 unspecified atom stereocenters. The lowest BCUT2D eigenvalue weighted by molar-refractivity contribution is 0.132. The van der Waals surface area contributed by atoms with Crippen molar-refractivity contribution in [2.45, 2.75) is 19.9 Å². The molecule has 0 amide bonds. The molecule has 0 spiro atoms. The smallest absolute Gasteiger partial charge is 0.0234 e. The molecule has 1 aromatic carbocycles. The fourth-order valence-corrected chi connectivity index (χ4v) is 2.50. The number of piperazine rings is 1. The molecule has 2 N–H and O–H groups in total. The van der Waals surface area contributed by atoms with E-state index in [-0.39, 0.29) is 0 Å². The van der Waals surface area contributed by atoms with E-state index in [9.17, 15) is 0 Å². The van der Waals surface area contributed by atoms with Gasteiger partial charge in [0.05, 0.1) is 0 Å². The summed E-state index contributed by atoms with van der Waals surface area (Å²) >= 11 is 0.